The molecule has 0 saturated carbocycles. The van der Waals surface area contributed by atoms with Crippen molar-refractivity contribution in [1.29, 1.82) is 0 Å². The molecule has 1 aromatic rings. The van der Waals surface area contributed by atoms with Crippen LogP contribution < -0.4 is 6.20 Å². The van der Waals surface area contributed by atoms with E-state index in [1.165, 1.54) is 0 Å². The fourth-order valence-electron chi connectivity index (χ4n) is 0.678. The van der Waals surface area contributed by atoms with Crippen LogP contribution >= 0.6 is 0 Å². The first-order valence-corrected chi connectivity index (χ1v) is 4.47. The van der Waals surface area contributed by atoms with Crippen LogP contribution in [0.25, 0.3) is 0 Å². The quantitative estimate of drug-likeness (QED) is 0.625. The summed E-state index contributed by atoms with van der Waals surface area (Å²) in [6, 6.07) is 7.74. The van der Waals surface area contributed by atoms with Gasteiger partial charge in [0, 0.05) is 0 Å². The van der Waals surface area contributed by atoms with Crippen molar-refractivity contribution in [1.82, 2.24) is 0 Å². The van der Waals surface area contributed by atoms with Crippen LogP contribution in [0.4, 0.5) is 0 Å². The zero-order chi connectivity index (χ0) is 6.10. The van der Waals surface area contributed by atoms with Crippen LogP contribution in [-0.4, -0.2) is 21.7 Å². The van der Waals surface area contributed by atoms with Gasteiger partial charge in [-0.25, -0.2) is 0 Å². The van der Waals surface area contributed by atoms with Crippen LogP contribution in [0.5, 0.6) is 11.5 Å². The molecule has 0 N–H and O–H groups in total. The molecule has 0 aliphatic carbocycles. The third kappa shape index (κ3) is 0.868. The van der Waals surface area contributed by atoms with Crippen molar-refractivity contribution >= 4 is 21.7 Å². The monoisotopic (exact) mass is 238 g/mol. The number of benzene rings is 1. The SMILES string of the molecule is c1ccc2c(c1)O[Te]O2. The normalized spacial score (nSPS) is 13.8. The van der Waals surface area contributed by atoms with E-state index in [2.05, 4.69) is 0 Å². The van der Waals surface area contributed by atoms with Gasteiger partial charge in [-0.05, 0) is 0 Å². The van der Waals surface area contributed by atoms with Crippen molar-refractivity contribution in [2.24, 2.45) is 0 Å². The first-order valence-electron chi connectivity index (χ1n) is 2.57. The molecule has 0 saturated heterocycles. The van der Waals surface area contributed by atoms with Crippen molar-refractivity contribution in [2.45, 2.75) is 0 Å². The first kappa shape index (κ1) is 5.40. The molecule has 0 spiro atoms. The fourth-order valence-corrected chi connectivity index (χ4v) is 1.98. The molecule has 0 unspecified atom stereocenters. The van der Waals surface area contributed by atoms with E-state index >= 15 is 0 Å². The molecule has 2 nitrogen and oxygen atoms in total. The number of hydrogen-bond acceptors (Lipinski definition) is 2. The predicted molar refractivity (Wildman–Crippen MR) is 33.5 cm³/mol. The number of rotatable bonds is 0. The zero-order valence-electron chi connectivity index (χ0n) is 4.53. The van der Waals surface area contributed by atoms with Gasteiger partial charge in [-0.3, -0.25) is 0 Å². The van der Waals surface area contributed by atoms with Crippen LogP contribution in [0.15, 0.2) is 24.3 Å². The molecule has 3 heteroatoms. The summed E-state index contributed by atoms with van der Waals surface area (Å²) in [5, 5.41) is 0. The Labute approximate surface area is 63.9 Å². The summed E-state index contributed by atoms with van der Waals surface area (Å²) in [4.78, 5) is 0. The van der Waals surface area contributed by atoms with E-state index in [4.69, 9.17) is 6.20 Å². The van der Waals surface area contributed by atoms with Gasteiger partial charge in [-0.15, -0.1) is 0 Å². The fraction of sp³-hybridized carbons (Fsp3) is 0. The van der Waals surface area contributed by atoms with Crippen molar-refractivity contribution < 1.29 is 6.20 Å². The van der Waals surface area contributed by atoms with Crippen molar-refractivity contribution in [3.05, 3.63) is 24.3 Å². The summed E-state index contributed by atoms with van der Waals surface area (Å²) in [7, 11) is 0. The first-order chi connectivity index (χ1) is 4.47. The van der Waals surface area contributed by atoms with Crippen LogP contribution in [0.1, 0.15) is 0 Å². The van der Waals surface area contributed by atoms with E-state index in [0.29, 0.717) is 0 Å². The summed E-state index contributed by atoms with van der Waals surface area (Å²) in [5.74, 6) is 1.81. The van der Waals surface area contributed by atoms with E-state index in [0.717, 1.165) is 11.5 Å². The third-order valence-electron chi connectivity index (χ3n) is 1.10. The Kier molecular flexibility index (Phi) is 1.25. The number of para-hydroxylation sites is 2. The van der Waals surface area contributed by atoms with Crippen LogP contribution in [0.2, 0.25) is 0 Å². The number of fused-ring (bicyclic) bond motifs is 1. The molecule has 0 aromatic heterocycles. The van der Waals surface area contributed by atoms with E-state index in [-0.39, 0.29) is 0 Å². The molecule has 2 rings (SSSR count). The number of hydrogen-bond donors (Lipinski definition) is 0. The van der Waals surface area contributed by atoms with Gasteiger partial charge in [0.2, 0.25) is 0 Å². The Morgan fingerprint density at radius 3 is 2.11 bits per heavy atom. The molecular formula is C6H4O2Te. The van der Waals surface area contributed by atoms with Crippen molar-refractivity contribution in [3.63, 3.8) is 0 Å². The Hall–Kier alpha value is -0.390. The predicted octanol–water partition coefficient (Wildman–Crippen LogP) is 0.992. The molecule has 1 aliphatic heterocycles. The zero-order valence-corrected chi connectivity index (χ0v) is 6.86. The second kappa shape index (κ2) is 2.09. The molecule has 0 atom stereocenters. The minimum atomic E-state index is -0.642. The van der Waals surface area contributed by atoms with Gasteiger partial charge < -0.3 is 0 Å². The molecule has 46 valence electrons. The molecular weight excluding hydrogens is 232 g/mol. The van der Waals surface area contributed by atoms with E-state index in [1.807, 2.05) is 24.3 Å². The average molecular weight is 236 g/mol. The Bertz CT molecular complexity index is 201. The van der Waals surface area contributed by atoms with Gasteiger partial charge in [-0.1, -0.05) is 0 Å². The summed E-state index contributed by atoms with van der Waals surface area (Å²) in [6.07, 6.45) is 0. The van der Waals surface area contributed by atoms with Crippen LogP contribution in [-0.2, 0) is 0 Å². The van der Waals surface area contributed by atoms with E-state index in [9.17, 15) is 0 Å². The standard InChI is InChI=1S/C6H4O2Te/c1-2-4-6-5(3-1)7-9-8-6/h1-4H. The molecule has 9 heavy (non-hydrogen) atoms. The molecule has 1 aromatic carbocycles. The van der Waals surface area contributed by atoms with Gasteiger partial charge in [0.05, 0.1) is 0 Å². The second-order valence-electron chi connectivity index (χ2n) is 1.68. The van der Waals surface area contributed by atoms with Crippen LogP contribution in [0, 0.1) is 0 Å². The van der Waals surface area contributed by atoms with Gasteiger partial charge in [0.15, 0.2) is 0 Å². The summed E-state index contributed by atoms with van der Waals surface area (Å²) in [6.45, 7) is 0. The Morgan fingerprint density at radius 1 is 1.00 bits per heavy atom. The maximum absolute atomic E-state index is 5.21. The van der Waals surface area contributed by atoms with Gasteiger partial charge in [0.1, 0.15) is 0 Å². The summed E-state index contributed by atoms with van der Waals surface area (Å²) >= 11 is -0.642. The Morgan fingerprint density at radius 2 is 1.56 bits per heavy atom. The summed E-state index contributed by atoms with van der Waals surface area (Å²) < 4.78 is 10.4. The topological polar surface area (TPSA) is 18.5 Å². The molecule has 0 fully saturated rings. The molecule has 1 heterocycles. The maximum atomic E-state index is 5.21. The van der Waals surface area contributed by atoms with E-state index in [1.54, 1.807) is 0 Å². The van der Waals surface area contributed by atoms with Crippen molar-refractivity contribution in [2.75, 3.05) is 0 Å². The van der Waals surface area contributed by atoms with Crippen molar-refractivity contribution in [3.8, 4) is 11.5 Å². The van der Waals surface area contributed by atoms with Gasteiger partial charge in [0.25, 0.3) is 0 Å². The summed E-state index contributed by atoms with van der Waals surface area (Å²) in [5.41, 5.74) is 0. The molecule has 0 bridgehead atoms. The van der Waals surface area contributed by atoms with E-state index < -0.39 is 21.7 Å². The second-order valence-corrected chi connectivity index (χ2v) is 3.02. The molecule has 0 radical (unpaired) electrons. The van der Waals surface area contributed by atoms with Crippen LogP contribution in [0.3, 0.4) is 0 Å². The molecule has 1 aliphatic rings. The molecule has 0 amide bonds. The third-order valence-corrected chi connectivity index (χ3v) is 2.51. The average Bonchev–Trinajstić information content (AvgIpc) is 2.33. The van der Waals surface area contributed by atoms with Gasteiger partial charge in [-0.2, -0.15) is 0 Å². The Balaban J connectivity index is 2.54. The van der Waals surface area contributed by atoms with Gasteiger partial charge >= 0.3 is 63.7 Å². The minimum absolute atomic E-state index is 0.642.